The minimum Gasteiger partial charge on any atom is -0.496 e. The molecule has 1 aromatic rings. The van der Waals surface area contributed by atoms with Crippen molar-refractivity contribution in [2.24, 2.45) is 0 Å². The Labute approximate surface area is 131 Å². The van der Waals surface area contributed by atoms with Crippen molar-refractivity contribution in [3.63, 3.8) is 0 Å². The van der Waals surface area contributed by atoms with Gasteiger partial charge in [-0.2, -0.15) is 11.8 Å². The van der Waals surface area contributed by atoms with E-state index in [9.17, 15) is 4.79 Å². The highest BCUT2D eigenvalue weighted by Crippen LogP contribution is 2.33. The second-order valence-electron chi connectivity index (χ2n) is 5.31. The van der Waals surface area contributed by atoms with Crippen molar-refractivity contribution in [1.29, 1.82) is 0 Å². The van der Waals surface area contributed by atoms with E-state index in [2.05, 4.69) is 18.5 Å². The van der Waals surface area contributed by atoms with Crippen molar-refractivity contribution >= 4 is 17.7 Å². The van der Waals surface area contributed by atoms with E-state index >= 15 is 0 Å². The number of thioether (sulfide) groups is 1. The molecule has 1 aromatic carbocycles. The molecule has 1 saturated heterocycles. The Bertz CT molecular complexity index is 495. The molecule has 21 heavy (non-hydrogen) atoms. The Kier molecular flexibility index (Phi) is 5.53. The molecule has 1 N–H and O–H groups in total. The molecule has 4 nitrogen and oxygen atoms in total. The number of ether oxygens (including phenoxy) is 1. The number of carbonyl (C=O) groups is 1. The van der Waals surface area contributed by atoms with E-state index in [-0.39, 0.29) is 18.1 Å². The van der Waals surface area contributed by atoms with E-state index in [1.165, 1.54) is 0 Å². The van der Waals surface area contributed by atoms with Gasteiger partial charge >= 0.3 is 0 Å². The summed E-state index contributed by atoms with van der Waals surface area (Å²) < 4.78 is 5.46. The molecule has 0 bridgehead atoms. The van der Waals surface area contributed by atoms with Gasteiger partial charge in [-0.25, -0.2) is 0 Å². The van der Waals surface area contributed by atoms with E-state index in [1.54, 1.807) is 18.9 Å². The molecule has 0 spiro atoms. The quantitative estimate of drug-likeness (QED) is 0.877. The van der Waals surface area contributed by atoms with Crippen LogP contribution >= 0.6 is 11.8 Å². The van der Waals surface area contributed by atoms with Crippen LogP contribution in [-0.4, -0.2) is 42.0 Å². The summed E-state index contributed by atoms with van der Waals surface area (Å²) in [7, 11) is 1.67. The summed E-state index contributed by atoms with van der Waals surface area (Å²) in [6.07, 6.45) is 2.77. The average Bonchev–Trinajstić information content (AvgIpc) is 2.83. The van der Waals surface area contributed by atoms with Gasteiger partial charge in [-0.1, -0.05) is 32.0 Å². The summed E-state index contributed by atoms with van der Waals surface area (Å²) >= 11 is 1.78. The van der Waals surface area contributed by atoms with Gasteiger partial charge in [0.05, 0.1) is 13.2 Å². The number of nitrogens with zero attached hydrogens (tertiary/aromatic N) is 1. The molecule has 1 amide bonds. The Morgan fingerprint density at radius 3 is 2.76 bits per heavy atom. The molecule has 116 valence electrons. The summed E-state index contributed by atoms with van der Waals surface area (Å²) in [6, 6.07) is 7.80. The van der Waals surface area contributed by atoms with Crippen molar-refractivity contribution in [3.8, 4) is 5.75 Å². The van der Waals surface area contributed by atoms with E-state index in [0.717, 1.165) is 24.3 Å². The number of hydrogen-bond donors (Lipinski definition) is 1. The molecule has 2 rings (SSSR count). The number of hydrogen-bond acceptors (Lipinski definition) is 4. The fourth-order valence-corrected chi connectivity index (χ4v) is 2.98. The molecular formula is C16H24N2O2S. The second kappa shape index (κ2) is 7.18. The van der Waals surface area contributed by atoms with E-state index < -0.39 is 0 Å². The lowest BCUT2D eigenvalue weighted by Crippen LogP contribution is -2.35. The monoisotopic (exact) mass is 308 g/mol. The summed E-state index contributed by atoms with van der Waals surface area (Å²) in [5.41, 5.74) is 1.03. The number of methoxy groups -OCH3 is 1. The van der Waals surface area contributed by atoms with E-state index in [0.29, 0.717) is 5.25 Å². The molecule has 5 heteroatoms. The largest absolute Gasteiger partial charge is 0.496 e. The zero-order chi connectivity index (χ0) is 15.4. The van der Waals surface area contributed by atoms with Crippen LogP contribution in [0.2, 0.25) is 0 Å². The molecule has 1 aliphatic heterocycles. The molecule has 0 aromatic heterocycles. The first-order valence-electron chi connectivity index (χ1n) is 7.34. The van der Waals surface area contributed by atoms with Crippen LogP contribution in [0.25, 0.3) is 0 Å². The van der Waals surface area contributed by atoms with Gasteiger partial charge in [0.15, 0.2) is 0 Å². The molecule has 3 atom stereocenters. The van der Waals surface area contributed by atoms with Crippen molar-refractivity contribution in [2.75, 3.05) is 19.9 Å². The number of para-hydroxylation sites is 1. The first-order chi connectivity index (χ1) is 10.1. The molecule has 0 aliphatic carbocycles. The first-order valence-corrected chi connectivity index (χ1v) is 8.63. The molecule has 3 unspecified atom stereocenters. The third kappa shape index (κ3) is 3.35. The van der Waals surface area contributed by atoms with Gasteiger partial charge in [0.2, 0.25) is 5.91 Å². The van der Waals surface area contributed by atoms with Crippen molar-refractivity contribution in [3.05, 3.63) is 29.8 Å². The highest BCUT2D eigenvalue weighted by atomic mass is 32.2. The van der Waals surface area contributed by atoms with Gasteiger partial charge in [0.25, 0.3) is 0 Å². The average molecular weight is 308 g/mol. The zero-order valence-electron chi connectivity index (χ0n) is 13.1. The van der Waals surface area contributed by atoms with Gasteiger partial charge < -0.3 is 9.64 Å². The first kappa shape index (κ1) is 16.2. The number of rotatable bonds is 6. The summed E-state index contributed by atoms with van der Waals surface area (Å²) in [4.78, 5) is 14.5. The van der Waals surface area contributed by atoms with Crippen LogP contribution < -0.4 is 10.1 Å². The number of carbonyl (C=O) groups excluding carboxylic acids is 1. The number of nitrogens with one attached hydrogen (secondary N) is 1. The topological polar surface area (TPSA) is 41.6 Å². The van der Waals surface area contributed by atoms with Gasteiger partial charge in [-0.05, 0) is 18.7 Å². The highest BCUT2D eigenvalue weighted by Gasteiger charge is 2.40. The smallest absolute Gasteiger partial charge is 0.241 e. The van der Waals surface area contributed by atoms with Gasteiger partial charge in [0, 0.05) is 17.4 Å². The maximum atomic E-state index is 12.6. The third-order valence-electron chi connectivity index (χ3n) is 3.95. The lowest BCUT2D eigenvalue weighted by molar-refractivity contribution is -0.130. The van der Waals surface area contributed by atoms with Crippen molar-refractivity contribution in [1.82, 2.24) is 10.2 Å². The van der Waals surface area contributed by atoms with Gasteiger partial charge in [-0.15, -0.1) is 0 Å². The summed E-state index contributed by atoms with van der Waals surface area (Å²) in [6.45, 7) is 4.93. The van der Waals surface area contributed by atoms with Crippen LogP contribution in [0.1, 0.15) is 32.0 Å². The van der Waals surface area contributed by atoms with Crippen molar-refractivity contribution < 1.29 is 9.53 Å². The molecule has 0 radical (unpaired) electrons. The molecule has 0 saturated carbocycles. The lowest BCUT2D eigenvalue weighted by atomic mass is 10.1. The van der Waals surface area contributed by atoms with E-state index in [1.807, 2.05) is 36.1 Å². The Balaban J connectivity index is 2.32. The maximum Gasteiger partial charge on any atom is 0.241 e. The molecule has 1 fully saturated rings. The van der Waals surface area contributed by atoms with Gasteiger partial charge in [-0.3, -0.25) is 10.1 Å². The fourth-order valence-electron chi connectivity index (χ4n) is 2.67. The Hall–Kier alpha value is -1.20. The Morgan fingerprint density at radius 2 is 2.14 bits per heavy atom. The third-order valence-corrected chi connectivity index (χ3v) is 4.90. The van der Waals surface area contributed by atoms with Gasteiger partial charge in [0.1, 0.15) is 11.9 Å². The minimum absolute atomic E-state index is 0.103. The molecular weight excluding hydrogens is 284 g/mol. The van der Waals surface area contributed by atoms with Crippen LogP contribution in [0, 0.1) is 0 Å². The van der Waals surface area contributed by atoms with E-state index in [4.69, 9.17) is 4.74 Å². The molecule has 1 aliphatic rings. The van der Waals surface area contributed by atoms with Crippen LogP contribution in [0.4, 0.5) is 0 Å². The SMILES string of the molecule is CCC1NC(c2ccccc2OC)N(CC(C)SC)C1=O. The second-order valence-corrected chi connectivity index (χ2v) is 6.59. The summed E-state index contributed by atoms with van der Waals surface area (Å²) in [5.74, 6) is 1.01. The summed E-state index contributed by atoms with van der Waals surface area (Å²) in [5, 5.41) is 3.85. The maximum absolute atomic E-state index is 12.6. The number of amides is 1. The Morgan fingerprint density at radius 1 is 1.43 bits per heavy atom. The standard InChI is InChI=1S/C16H24N2O2S/c1-5-13-16(19)18(10-11(2)21-4)15(17-13)12-8-6-7-9-14(12)20-3/h6-9,11,13,15,17H,5,10H2,1-4H3. The van der Waals surface area contributed by atoms with Crippen LogP contribution in [0.5, 0.6) is 5.75 Å². The molecule has 1 heterocycles. The zero-order valence-corrected chi connectivity index (χ0v) is 13.9. The number of benzene rings is 1. The predicted octanol–water partition coefficient (Wildman–Crippen LogP) is 2.66. The fraction of sp³-hybridized carbons (Fsp3) is 0.562. The lowest BCUT2D eigenvalue weighted by Gasteiger charge is -2.27. The predicted molar refractivity (Wildman–Crippen MR) is 87.6 cm³/mol. The minimum atomic E-state index is -0.104. The highest BCUT2D eigenvalue weighted by molar-refractivity contribution is 7.99. The normalized spacial score (nSPS) is 23.4. The van der Waals surface area contributed by atoms with Crippen molar-refractivity contribution in [2.45, 2.75) is 37.7 Å². The van der Waals surface area contributed by atoms with Crippen LogP contribution in [0.3, 0.4) is 0 Å². The van der Waals surface area contributed by atoms with Crippen LogP contribution in [0.15, 0.2) is 24.3 Å². The van der Waals surface area contributed by atoms with Crippen LogP contribution in [-0.2, 0) is 4.79 Å².